The van der Waals surface area contributed by atoms with Crippen LogP contribution in [0, 0.1) is 0 Å². The Labute approximate surface area is 189 Å². The number of hydrogen-bond donors (Lipinski definition) is 1. The van der Waals surface area contributed by atoms with E-state index in [1.807, 2.05) is 7.05 Å². The van der Waals surface area contributed by atoms with Gasteiger partial charge in [-0.05, 0) is 12.5 Å². The van der Waals surface area contributed by atoms with Crippen LogP contribution < -0.4 is 16.1 Å². The smallest absolute Gasteiger partial charge is 0.330 e. The summed E-state index contributed by atoms with van der Waals surface area (Å²) in [4.78, 5) is 40.6. The molecule has 0 saturated carbocycles. The van der Waals surface area contributed by atoms with Gasteiger partial charge in [-0.25, -0.2) is 14.8 Å². The van der Waals surface area contributed by atoms with Crippen LogP contribution in [0.3, 0.4) is 0 Å². The molecule has 0 radical (unpaired) electrons. The topological polar surface area (TPSA) is 92.0 Å². The number of aromatic nitrogens is 5. The van der Waals surface area contributed by atoms with E-state index in [0.717, 1.165) is 50.7 Å². The van der Waals surface area contributed by atoms with Crippen LogP contribution in [0.5, 0.6) is 0 Å². The van der Waals surface area contributed by atoms with Gasteiger partial charge in [0.15, 0.2) is 11.2 Å². The van der Waals surface area contributed by atoms with E-state index < -0.39 is 11.2 Å². The third-order valence-electron chi connectivity index (χ3n) is 5.67. The Bertz CT molecular complexity index is 1210. The van der Waals surface area contributed by atoms with Gasteiger partial charge >= 0.3 is 5.69 Å². The fourth-order valence-electron chi connectivity index (χ4n) is 3.91. The van der Waals surface area contributed by atoms with Crippen molar-refractivity contribution >= 4 is 40.2 Å². The molecule has 4 heterocycles. The molecule has 9 nitrogen and oxygen atoms in total. The molecule has 1 fully saturated rings. The summed E-state index contributed by atoms with van der Waals surface area (Å²) >= 11 is 12.2. The zero-order valence-corrected chi connectivity index (χ0v) is 19.1. The number of imidazole rings is 1. The standard InChI is InChI=1S/C20H25Cl2N7O2/c1-3-4-5-29-18-16(19(30)25-20(29)31)26(2)15(24-18)12-27-6-8-28(9-7-27)17-14(22)10-13(21)11-23-17/h10-11H,3-9,12H2,1-2H3,(H,25,30,31). The minimum absolute atomic E-state index is 0.401. The number of anilines is 1. The normalized spacial score (nSPS) is 15.2. The maximum absolute atomic E-state index is 12.4. The molecule has 1 saturated heterocycles. The first-order valence-corrected chi connectivity index (χ1v) is 11.1. The van der Waals surface area contributed by atoms with Crippen molar-refractivity contribution < 1.29 is 0 Å². The predicted molar refractivity (Wildman–Crippen MR) is 122 cm³/mol. The molecule has 0 atom stereocenters. The first kappa shape index (κ1) is 21.9. The average molecular weight is 466 g/mol. The van der Waals surface area contributed by atoms with Gasteiger partial charge in [-0.15, -0.1) is 0 Å². The molecular formula is C20H25Cl2N7O2. The maximum Gasteiger partial charge on any atom is 0.330 e. The van der Waals surface area contributed by atoms with Crippen LogP contribution in [-0.2, 0) is 20.1 Å². The highest BCUT2D eigenvalue weighted by Crippen LogP contribution is 2.27. The highest BCUT2D eigenvalue weighted by Gasteiger charge is 2.23. The van der Waals surface area contributed by atoms with Gasteiger partial charge in [0.25, 0.3) is 5.56 Å². The number of fused-ring (bicyclic) bond motifs is 1. The summed E-state index contributed by atoms with van der Waals surface area (Å²) in [5.41, 5.74) is 0.0794. The second kappa shape index (κ2) is 9.02. The molecule has 11 heteroatoms. The van der Waals surface area contributed by atoms with Crippen molar-refractivity contribution in [1.82, 2.24) is 29.0 Å². The summed E-state index contributed by atoms with van der Waals surface area (Å²) in [6.07, 6.45) is 3.39. The Morgan fingerprint density at radius 1 is 1.16 bits per heavy atom. The number of aryl methyl sites for hydroxylation is 2. The van der Waals surface area contributed by atoms with E-state index in [1.54, 1.807) is 21.4 Å². The number of pyridine rings is 1. The van der Waals surface area contributed by atoms with Crippen LogP contribution in [0.1, 0.15) is 25.6 Å². The number of unbranched alkanes of at least 4 members (excludes halogenated alkanes) is 1. The van der Waals surface area contributed by atoms with Crippen LogP contribution in [-0.4, -0.2) is 55.2 Å². The number of H-pyrrole nitrogens is 1. The highest BCUT2D eigenvalue weighted by molar-refractivity contribution is 6.36. The lowest BCUT2D eigenvalue weighted by Gasteiger charge is -2.35. The molecule has 3 aromatic heterocycles. The lowest BCUT2D eigenvalue weighted by Crippen LogP contribution is -2.46. The van der Waals surface area contributed by atoms with Gasteiger partial charge in [0.1, 0.15) is 11.6 Å². The Balaban J connectivity index is 1.53. The van der Waals surface area contributed by atoms with Crippen molar-refractivity contribution in [1.29, 1.82) is 0 Å². The molecule has 166 valence electrons. The molecule has 4 rings (SSSR count). The van der Waals surface area contributed by atoms with Crippen LogP contribution in [0.2, 0.25) is 10.0 Å². The molecule has 0 aliphatic carbocycles. The molecule has 1 N–H and O–H groups in total. The molecule has 1 aliphatic heterocycles. The number of hydrogen-bond acceptors (Lipinski definition) is 6. The number of aromatic amines is 1. The van der Waals surface area contributed by atoms with Crippen molar-refractivity contribution in [3.05, 3.63) is 49.0 Å². The van der Waals surface area contributed by atoms with Gasteiger partial charge < -0.3 is 9.47 Å². The first-order valence-electron chi connectivity index (χ1n) is 10.4. The Morgan fingerprint density at radius 3 is 2.58 bits per heavy atom. The van der Waals surface area contributed by atoms with Crippen molar-refractivity contribution in [3.63, 3.8) is 0 Å². The third kappa shape index (κ3) is 4.35. The Kier molecular flexibility index (Phi) is 6.36. The van der Waals surface area contributed by atoms with E-state index in [2.05, 4.69) is 31.7 Å². The first-order chi connectivity index (χ1) is 14.9. The summed E-state index contributed by atoms with van der Waals surface area (Å²) in [6, 6.07) is 1.70. The van der Waals surface area contributed by atoms with Crippen molar-refractivity contribution in [2.45, 2.75) is 32.9 Å². The minimum atomic E-state index is -0.406. The molecule has 3 aromatic rings. The SMILES string of the molecule is CCCCn1c(=O)[nH]c(=O)c2c1nc(CN1CCN(c3ncc(Cl)cc3Cl)CC1)n2C. The van der Waals surface area contributed by atoms with Crippen molar-refractivity contribution in [2.24, 2.45) is 7.05 Å². The summed E-state index contributed by atoms with van der Waals surface area (Å²) in [6.45, 7) is 6.30. The summed E-state index contributed by atoms with van der Waals surface area (Å²) < 4.78 is 3.36. The van der Waals surface area contributed by atoms with E-state index in [4.69, 9.17) is 23.2 Å². The number of halogens is 2. The number of nitrogens with one attached hydrogen (secondary N) is 1. The number of nitrogens with zero attached hydrogens (tertiary/aromatic N) is 6. The highest BCUT2D eigenvalue weighted by atomic mass is 35.5. The number of rotatable bonds is 6. The lowest BCUT2D eigenvalue weighted by molar-refractivity contribution is 0.241. The van der Waals surface area contributed by atoms with E-state index in [-0.39, 0.29) is 0 Å². The third-order valence-corrected chi connectivity index (χ3v) is 6.15. The van der Waals surface area contributed by atoms with Gasteiger partial charge in [-0.2, -0.15) is 0 Å². The van der Waals surface area contributed by atoms with Gasteiger partial charge in [0.05, 0.1) is 16.6 Å². The van der Waals surface area contributed by atoms with Gasteiger partial charge in [-0.3, -0.25) is 19.2 Å². The van der Waals surface area contributed by atoms with E-state index in [1.165, 1.54) is 0 Å². The lowest BCUT2D eigenvalue weighted by atomic mass is 10.3. The predicted octanol–water partition coefficient (Wildman–Crippen LogP) is 2.25. The molecule has 31 heavy (non-hydrogen) atoms. The zero-order chi connectivity index (χ0) is 22.1. The minimum Gasteiger partial charge on any atom is -0.353 e. The maximum atomic E-state index is 12.4. The largest absolute Gasteiger partial charge is 0.353 e. The second-order valence-electron chi connectivity index (χ2n) is 7.75. The molecule has 1 aliphatic rings. The number of piperazine rings is 1. The van der Waals surface area contributed by atoms with Crippen molar-refractivity contribution in [3.8, 4) is 0 Å². The fraction of sp³-hybridized carbons (Fsp3) is 0.500. The summed E-state index contributed by atoms with van der Waals surface area (Å²) in [7, 11) is 1.82. The van der Waals surface area contributed by atoms with Crippen LogP contribution >= 0.6 is 23.2 Å². The molecule has 0 bridgehead atoms. The van der Waals surface area contributed by atoms with Gasteiger partial charge in [-0.1, -0.05) is 36.5 Å². The van der Waals surface area contributed by atoms with Crippen LogP contribution in [0.25, 0.3) is 11.2 Å². The van der Waals surface area contributed by atoms with Gasteiger partial charge in [0, 0.05) is 46.0 Å². The quantitative estimate of drug-likeness (QED) is 0.599. The average Bonchev–Trinajstić information content (AvgIpc) is 3.05. The van der Waals surface area contributed by atoms with Crippen LogP contribution in [0.4, 0.5) is 5.82 Å². The molecule has 0 unspecified atom stereocenters. The van der Waals surface area contributed by atoms with Crippen LogP contribution in [0.15, 0.2) is 21.9 Å². The van der Waals surface area contributed by atoms with E-state index >= 15 is 0 Å². The summed E-state index contributed by atoms with van der Waals surface area (Å²) in [5.74, 6) is 1.49. The summed E-state index contributed by atoms with van der Waals surface area (Å²) in [5, 5.41) is 1.06. The molecule has 0 aromatic carbocycles. The van der Waals surface area contributed by atoms with Gasteiger partial charge in [0.2, 0.25) is 0 Å². The van der Waals surface area contributed by atoms with E-state index in [0.29, 0.717) is 34.3 Å². The zero-order valence-electron chi connectivity index (χ0n) is 17.6. The Hall–Kier alpha value is -2.36. The van der Waals surface area contributed by atoms with Crippen molar-refractivity contribution in [2.75, 3.05) is 31.1 Å². The molecular weight excluding hydrogens is 441 g/mol. The van der Waals surface area contributed by atoms with E-state index in [9.17, 15) is 9.59 Å². The molecule has 0 amide bonds. The Morgan fingerprint density at radius 2 is 1.90 bits per heavy atom. The fourth-order valence-corrected chi connectivity index (χ4v) is 4.41. The second-order valence-corrected chi connectivity index (χ2v) is 8.59. The molecule has 0 spiro atoms. The monoisotopic (exact) mass is 465 g/mol.